The van der Waals surface area contributed by atoms with Crippen molar-refractivity contribution in [3.63, 3.8) is 0 Å². The van der Waals surface area contributed by atoms with Crippen LogP contribution in [0.15, 0.2) is 47.0 Å². The number of guanidine groups is 1. The average Bonchev–Trinajstić information content (AvgIpc) is 3.27. The third kappa shape index (κ3) is 4.57. The van der Waals surface area contributed by atoms with E-state index in [2.05, 4.69) is 27.0 Å². The van der Waals surface area contributed by atoms with Crippen molar-refractivity contribution in [3.05, 3.63) is 53.6 Å². The van der Waals surface area contributed by atoms with Crippen LogP contribution in [0, 0.1) is 5.82 Å². The number of thiazole rings is 1. The number of nitrogens with one attached hydrogen (secondary N) is 1. The number of rotatable bonds is 4. The number of fused-ring (bicyclic) bond motifs is 1. The molecule has 0 bridgehead atoms. The molecule has 0 radical (unpaired) electrons. The molecule has 0 atom stereocenters. The minimum atomic E-state index is -0.161. The van der Waals surface area contributed by atoms with E-state index in [9.17, 15) is 4.39 Å². The number of aliphatic imine (C=N–C) groups is 1. The third-order valence-electron chi connectivity index (χ3n) is 4.64. The van der Waals surface area contributed by atoms with Crippen LogP contribution in [0.3, 0.4) is 0 Å². The summed E-state index contributed by atoms with van der Waals surface area (Å²) in [4.78, 5) is 14.7. The number of hydrogen-bond acceptors (Lipinski definition) is 4. The van der Waals surface area contributed by atoms with Gasteiger partial charge < -0.3 is 15.1 Å². The van der Waals surface area contributed by atoms with Crippen LogP contribution in [0.4, 0.5) is 10.1 Å². The first kappa shape index (κ1) is 20.8. The van der Waals surface area contributed by atoms with Gasteiger partial charge in [0.05, 0.1) is 17.9 Å². The molecule has 0 amide bonds. The fraction of sp³-hybridized carbons (Fsp3) is 0.368. The zero-order valence-corrected chi connectivity index (χ0v) is 18.9. The Bertz CT molecular complexity index is 903. The second kappa shape index (κ2) is 9.55. The van der Waals surface area contributed by atoms with Gasteiger partial charge in [0, 0.05) is 50.5 Å². The van der Waals surface area contributed by atoms with Crippen molar-refractivity contribution in [1.29, 1.82) is 0 Å². The molecule has 3 aromatic rings. The van der Waals surface area contributed by atoms with Gasteiger partial charge >= 0.3 is 0 Å². The van der Waals surface area contributed by atoms with Crippen LogP contribution in [0.5, 0.6) is 0 Å². The van der Waals surface area contributed by atoms with Crippen molar-refractivity contribution in [1.82, 2.24) is 19.6 Å². The lowest BCUT2D eigenvalue weighted by Crippen LogP contribution is -2.52. The summed E-state index contributed by atoms with van der Waals surface area (Å²) in [5, 5.41) is 5.39. The maximum Gasteiger partial charge on any atom is 0.194 e. The smallest absolute Gasteiger partial charge is 0.194 e. The van der Waals surface area contributed by atoms with Crippen molar-refractivity contribution in [3.8, 4) is 0 Å². The highest BCUT2D eigenvalue weighted by molar-refractivity contribution is 14.0. The summed E-state index contributed by atoms with van der Waals surface area (Å²) in [6.07, 6.45) is 4.03. The van der Waals surface area contributed by atoms with Crippen LogP contribution in [-0.2, 0) is 6.54 Å². The van der Waals surface area contributed by atoms with Gasteiger partial charge in [-0.15, -0.1) is 35.3 Å². The van der Waals surface area contributed by atoms with E-state index in [4.69, 9.17) is 4.99 Å². The zero-order valence-electron chi connectivity index (χ0n) is 15.7. The number of nitrogens with zero attached hydrogens (tertiary/aromatic N) is 5. The fourth-order valence-corrected chi connectivity index (χ4v) is 4.02. The number of imidazole rings is 1. The molecule has 1 fully saturated rings. The second-order valence-corrected chi connectivity index (χ2v) is 7.29. The van der Waals surface area contributed by atoms with Gasteiger partial charge in [0.2, 0.25) is 0 Å². The summed E-state index contributed by atoms with van der Waals surface area (Å²) in [7, 11) is 0. The molecule has 2 aromatic heterocycles. The first-order chi connectivity index (χ1) is 13.2. The predicted molar refractivity (Wildman–Crippen MR) is 123 cm³/mol. The van der Waals surface area contributed by atoms with Gasteiger partial charge in [-0.3, -0.25) is 4.40 Å². The first-order valence-corrected chi connectivity index (χ1v) is 10.1. The molecule has 1 aliphatic rings. The molecule has 3 heterocycles. The predicted octanol–water partition coefficient (Wildman–Crippen LogP) is 3.44. The number of hydrogen-bond donors (Lipinski definition) is 1. The van der Waals surface area contributed by atoms with E-state index in [0.29, 0.717) is 12.2 Å². The lowest BCUT2D eigenvalue weighted by atomic mass is 10.2. The van der Waals surface area contributed by atoms with E-state index < -0.39 is 0 Å². The molecule has 150 valence electrons. The van der Waals surface area contributed by atoms with Crippen LogP contribution in [0.2, 0.25) is 0 Å². The minimum Gasteiger partial charge on any atom is -0.366 e. The van der Waals surface area contributed by atoms with Crippen molar-refractivity contribution >= 4 is 51.9 Å². The van der Waals surface area contributed by atoms with Crippen molar-refractivity contribution < 1.29 is 4.39 Å². The van der Waals surface area contributed by atoms with Crippen molar-refractivity contribution in [2.75, 3.05) is 37.6 Å². The van der Waals surface area contributed by atoms with E-state index in [1.165, 1.54) is 6.07 Å². The Morgan fingerprint density at radius 1 is 1.25 bits per heavy atom. The standard InChI is InChI=1S/C19H23FN6S.HI/c1-2-21-18(22-13-15-14-26-11-12-27-19(26)23-15)25-9-7-24(8-10-25)17-6-4-3-5-16(17)20;/h3-6,11-12,14H,2,7-10,13H2,1H3,(H,21,22);1H. The van der Waals surface area contributed by atoms with Crippen LogP contribution in [0.25, 0.3) is 4.96 Å². The molecule has 9 heteroatoms. The molecule has 1 N–H and O–H groups in total. The Morgan fingerprint density at radius 3 is 2.75 bits per heavy atom. The van der Waals surface area contributed by atoms with Crippen LogP contribution < -0.4 is 10.2 Å². The molecule has 0 aliphatic carbocycles. The molecule has 1 aliphatic heterocycles. The van der Waals surface area contributed by atoms with E-state index >= 15 is 0 Å². The Labute approximate surface area is 185 Å². The zero-order chi connectivity index (χ0) is 18.6. The Kier molecular flexibility index (Phi) is 7.11. The molecule has 6 nitrogen and oxygen atoms in total. The topological polar surface area (TPSA) is 48.2 Å². The van der Waals surface area contributed by atoms with Crippen molar-refractivity contribution in [2.24, 2.45) is 4.99 Å². The molecule has 0 spiro atoms. The largest absolute Gasteiger partial charge is 0.366 e. The Hall–Kier alpha value is -1.88. The minimum absolute atomic E-state index is 0. The van der Waals surface area contributed by atoms with Gasteiger partial charge in [0.25, 0.3) is 0 Å². The molecule has 1 saturated heterocycles. The Morgan fingerprint density at radius 2 is 2.04 bits per heavy atom. The average molecular weight is 514 g/mol. The SMILES string of the molecule is CCNC(=NCc1cn2ccsc2n1)N1CCN(c2ccccc2F)CC1.I. The maximum absolute atomic E-state index is 14.0. The maximum atomic E-state index is 14.0. The summed E-state index contributed by atoms with van der Waals surface area (Å²) in [6, 6.07) is 6.97. The molecule has 28 heavy (non-hydrogen) atoms. The number of halogens is 2. The molecule has 0 unspecified atom stereocenters. The van der Waals surface area contributed by atoms with Gasteiger partial charge in [-0.25, -0.2) is 14.4 Å². The normalized spacial score (nSPS) is 15.0. The van der Waals surface area contributed by atoms with E-state index in [1.54, 1.807) is 17.4 Å². The number of anilines is 1. The number of para-hydroxylation sites is 1. The van der Waals surface area contributed by atoms with Gasteiger partial charge in [0.1, 0.15) is 5.82 Å². The highest BCUT2D eigenvalue weighted by Crippen LogP contribution is 2.20. The number of piperazine rings is 1. The van der Waals surface area contributed by atoms with E-state index in [-0.39, 0.29) is 29.8 Å². The third-order valence-corrected chi connectivity index (χ3v) is 5.41. The molecule has 0 saturated carbocycles. The molecular weight excluding hydrogens is 490 g/mol. The van der Waals surface area contributed by atoms with Gasteiger partial charge in [-0.2, -0.15) is 0 Å². The van der Waals surface area contributed by atoms with Crippen LogP contribution in [-0.4, -0.2) is 53.0 Å². The Balaban J connectivity index is 0.00000225. The highest BCUT2D eigenvalue weighted by Gasteiger charge is 2.21. The van der Waals surface area contributed by atoms with Crippen LogP contribution >= 0.6 is 35.3 Å². The quantitative estimate of drug-likeness (QED) is 0.330. The van der Waals surface area contributed by atoms with Gasteiger partial charge in [-0.1, -0.05) is 12.1 Å². The van der Waals surface area contributed by atoms with Crippen LogP contribution in [0.1, 0.15) is 12.6 Å². The lowest BCUT2D eigenvalue weighted by molar-refractivity contribution is 0.370. The summed E-state index contributed by atoms with van der Waals surface area (Å²) in [5.41, 5.74) is 1.64. The molecule has 1 aromatic carbocycles. The monoisotopic (exact) mass is 514 g/mol. The van der Waals surface area contributed by atoms with E-state index in [1.807, 2.05) is 34.3 Å². The number of benzene rings is 1. The van der Waals surface area contributed by atoms with Crippen molar-refractivity contribution in [2.45, 2.75) is 13.5 Å². The van der Waals surface area contributed by atoms with E-state index in [0.717, 1.165) is 49.3 Å². The summed E-state index contributed by atoms with van der Waals surface area (Å²) in [6.45, 7) is 6.57. The summed E-state index contributed by atoms with van der Waals surface area (Å²) in [5.74, 6) is 0.730. The van der Waals surface area contributed by atoms with Gasteiger partial charge in [-0.05, 0) is 19.1 Å². The second-order valence-electron chi connectivity index (χ2n) is 6.42. The van der Waals surface area contributed by atoms with Gasteiger partial charge in [0.15, 0.2) is 10.9 Å². The lowest BCUT2D eigenvalue weighted by Gasteiger charge is -2.37. The fourth-order valence-electron chi connectivity index (χ4n) is 3.30. The first-order valence-electron chi connectivity index (χ1n) is 9.18. The highest BCUT2D eigenvalue weighted by atomic mass is 127. The number of aromatic nitrogens is 2. The summed E-state index contributed by atoms with van der Waals surface area (Å²) >= 11 is 1.62. The molecule has 4 rings (SSSR count). The molecular formula is C19H24FIN6S. The summed E-state index contributed by atoms with van der Waals surface area (Å²) < 4.78 is 16.0.